The highest BCUT2D eigenvalue weighted by atomic mass is 16.5. The Labute approximate surface area is 60.5 Å². The van der Waals surface area contributed by atoms with Crippen LogP contribution in [0, 0.1) is 0 Å². The van der Waals surface area contributed by atoms with Gasteiger partial charge in [0, 0.05) is 0 Å². The lowest BCUT2D eigenvalue weighted by Crippen LogP contribution is -2.40. The summed E-state index contributed by atoms with van der Waals surface area (Å²) < 4.78 is 4.65. The average Bonchev–Trinajstić information content (AvgIpc) is 1.88. The molecule has 60 valence electrons. The van der Waals surface area contributed by atoms with Crippen LogP contribution in [0.4, 0.5) is 0 Å². The van der Waals surface area contributed by atoms with Crippen LogP contribution in [0.25, 0.3) is 0 Å². The van der Waals surface area contributed by atoms with Gasteiger partial charge >= 0.3 is 5.97 Å². The lowest BCUT2D eigenvalue weighted by molar-refractivity contribution is -0.145. The maximum absolute atomic E-state index is 10.5. The second-order valence-corrected chi connectivity index (χ2v) is 2.05. The summed E-state index contributed by atoms with van der Waals surface area (Å²) in [5.41, 5.74) is 10.0. The highest BCUT2D eigenvalue weighted by Gasteiger charge is 2.07. The number of unbranched alkanes of at least 4 members (excludes halogenated alkanes) is 1. The number of rotatable bonds is 4. The number of hydrogen-bond acceptors (Lipinski definition) is 4. The van der Waals surface area contributed by atoms with Crippen LogP contribution in [0.5, 0.6) is 0 Å². The molecule has 0 fully saturated rings. The zero-order valence-electron chi connectivity index (χ0n) is 6.17. The highest BCUT2D eigenvalue weighted by molar-refractivity contribution is 5.74. The molecule has 0 rings (SSSR count). The third kappa shape index (κ3) is 4.29. The summed E-state index contributed by atoms with van der Waals surface area (Å²) in [7, 11) is 0. The van der Waals surface area contributed by atoms with Gasteiger partial charge in [-0.15, -0.1) is 0 Å². The molecule has 0 radical (unpaired) electrons. The summed E-state index contributed by atoms with van der Waals surface area (Å²) >= 11 is 0. The van der Waals surface area contributed by atoms with Gasteiger partial charge in [-0.1, -0.05) is 13.3 Å². The molecular formula is C6H14N2O2. The molecular weight excluding hydrogens is 132 g/mol. The van der Waals surface area contributed by atoms with Gasteiger partial charge in [0.2, 0.25) is 0 Å². The number of ether oxygens (including phenoxy) is 1. The molecule has 0 bridgehead atoms. The van der Waals surface area contributed by atoms with Crippen molar-refractivity contribution in [2.45, 2.75) is 25.9 Å². The molecule has 4 heteroatoms. The summed E-state index contributed by atoms with van der Waals surface area (Å²) in [6.07, 6.45) is 0.864. The Kier molecular flexibility index (Phi) is 4.88. The fourth-order valence-electron chi connectivity index (χ4n) is 0.413. The lowest BCUT2D eigenvalue weighted by Gasteiger charge is -2.05. The van der Waals surface area contributed by atoms with E-state index in [1.807, 2.05) is 6.92 Å². The molecule has 0 unspecified atom stereocenters. The summed E-state index contributed by atoms with van der Waals surface area (Å²) in [4.78, 5) is 10.5. The Hall–Kier alpha value is -0.610. The van der Waals surface area contributed by atoms with Crippen LogP contribution in [0.2, 0.25) is 0 Å². The predicted molar refractivity (Wildman–Crippen MR) is 38.0 cm³/mol. The molecule has 4 N–H and O–H groups in total. The van der Waals surface area contributed by atoms with Crippen molar-refractivity contribution in [3.63, 3.8) is 0 Å². The van der Waals surface area contributed by atoms with Crippen molar-refractivity contribution >= 4 is 5.97 Å². The third-order valence-electron chi connectivity index (χ3n) is 1.01. The van der Waals surface area contributed by atoms with Crippen LogP contribution in [0.3, 0.4) is 0 Å². The van der Waals surface area contributed by atoms with Crippen LogP contribution >= 0.6 is 0 Å². The fourth-order valence-corrected chi connectivity index (χ4v) is 0.413. The second-order valence-electron chi connectivity index (χ2n) is 2.05. The molecule has 10 heavy (non-hydrogen) atoms. The first-order valence-corrected chi connectivity index (χ1v) is 3.36. The zero-order chi connectivity index (χ0) is 7.98. The van der Waals surface area contributed by atoms with Crippen molar-refractivity contribution in [3.05, 3.63) is 0 Å². The predicted octanol–water partition coefficient (Wildman–Crippen LogP) is -0.427. The molecule has 0 saturated heterocycles. The molecule has 0 spiro atoms. The van der Waals surface area contributed by atoms with Gasteiger partial charge < -0.3 is 16.2 Å². The van der Waals surface area contributed by atoms with Crippen molar-refractivity contribution in [1.29, 1.82) is 0 Å². The van der Waals surface area contributed by atoms with E-state index in [9.17, 15) is 4.79 Å². The van der Waals surface area contributed by atoms with E-state index in [-0.39, 0.29) is 0 Å². The first kappa shape index (κ1) is 9.39. The topological polar surface area (TPSA) is 78.3 Å². The summed E-state index contributed by atoms with van der Waals surface area (Å²) in [6, 6.07) is 0. The summed E-state index contributed by atoms with van der Waals surface area (Å²) in [6.45, 7) is 2.43. The van der Waals surface area contributed by atoms with Crippen molar-refractivity contribution in [2.24, 2.45) is 11.5 Å². The van der Waals surface area contributed by atoms with E-state index in [4.69, 9.17) is 11.5 Å². The number of carbonyl (C=O) groups is 1. The van der Waals surface area contributed by atoms with Gasteiger partial charge in [-0.3, -0.25) is 0 Å². The van der Waals surface area contributed by atoms with Crippen LogP contribution < -0.4 is 11.5 Å². The molecule has 4 nitrogen and oxygen atoms in total. The van der Waals surface area contributed by atoms with Crippen LogP contribution in [0.1, 0.15) is 19.8 Å². The third-order valence-corrected chi connectivity index (χ3v) is 1.01. The maximum atomic E-state index is 10.5. The monoisotopic (exact) mass is 146 g/mol. The summed E-state index contributed by atoms with van der Waals surface area (Å²) in [5.74, 6) is -0.534. The van der Waals surface area contributed by atoms with E-state index in [0.717, 1.165) is 12.8 Å². The zero-order valence-corrected chi connectivity index (χ0v) is 6.17. The van der Waals surface area contributed by atoms with Gasteiger partial charge in [-0.25, -0.2) is 4.79 Å². The first-order chi connectivity index (χ1) is 4.68. The van der Waals surface area contributed by atoms with E-state index in [0.29, 0.717) is 6.61 Å². The average molecular weight is 146 g/mol. The molecule has 0 heterocycles. The number of esters is 1. The Morgan fingerprint density at radius 2 is 2.20 bits per heavy atom. The van der Waals surface area contributed by atoms with Gasteiger partial charge in [0.1, 0.15) is 0 Å². The molecule has 0 aromatic heterocycles. The van der Waals surface area contributed by atoms with E-state index < -0.39 is 12.1 Å². The van der Waals surface area contributed by atoms with Gasteiger partial charge in [0.15, 0.2) is 6.17 Å². The Bertz CT molecular complexity index is 104. The van der Waals surface area contributed by atoms with E-state index >= 15 is 0 Å². The van der Waals surface area contributed by atoms with Crippen molar-refractivity contribution < 1.29 is 9.53 Å². The minimum Gasteiger partial charge on any atom is -0.464 e. The largest absolute Gasteiger partial charge is 0.464 e. The molecule has 0 amide bonds. The van der Waals surface area contributed by atoms with Gasteiger partial charge in [0.25, 0.3) is 0 Å². The Morgan fingerprint density at radius 3 is 2.60 bits per heavy atom. The quantitative estimate of drug-likeness (QED) is 0.320. The van der Waals surface area contributed by atoms with E-state index in [1.54, 1.807) is 0 Å². The second kappa shape index (κ2) is 5.20. The standard InChI is InChI=1S/C6H14N2O2/c1-2-3-4-10-6(9)5(7)8/h5H,2-4,7-8H2,1H3. The van der Waals surface area contributed by atoms with E-state index in [1.165, 1.54) is 0 Å². The minimum atomic E-state index is -0.989. The number of nitrogens with two attached hydrogens (primary N) is 2. The lowest BCUT2D eigenvalue weighted by atomic mass is 10.4. The summed E-state index contributed by atoms with van der Waals surface area (Å²) in [5, 5.41) is 0. The van der Waals surface area contributed by atoms with Crippen LogP contribution in [-0.2, 0) is 9.53 Å². The molecule has 0 aromatic rings. The maximum Gasteiger partial charge on any atom is 0.337 e. The van der Waals surface area contributed by atoms with Gasteiger partial charge in [0.05, 0.1) is 6.61 Å². The van der Waals surface area contributed by atoms with Crippen molar-refractivity contribution in [1.82, 2.24) is 0 Å². The van der Waals surface area contributed by atoms with Crippen molar-refractivity contribution in [2.75, 3.05) is 6.61 Å². The smallest absolute Gasteiger partial charge is 0.337 e. The van der Waals surface area contributed by atoms with Gasteiger partial charge in [-0.2, -0.15) is 0 Å². The fraction of sp³-hybridized carbons (Fsp3) is 0.833. The Balaban J connectivity index is 3.22. The van der Waals surface area contributed by atoms with Gasteiger partial charge in [-0.05, 0) is 6.42 Å². The molecule has 0 aliphatic carbocycles. The normalized spacial score (nSPS) is 10.0. The van der Waals surface area contributed by atoms with Crippen LogP contribution in [0.15, 0.2) is 0 Å². The molecule has 0 aliphatic heterocycles. The van der Waals surface area contributed by atoms with Crippen LogP contribution in [-0.4, -0.2) is 18.7 Å². The molecule has 0 aliphatic rings. The van der Waals surface area contributed by atoms with E-state index in [2.05, 4.69) is 4.74 Å². The Morgan fingerprint density at radius 1 is 1.60 bits per heavy atom. The molecule has 0 atom stereocenters. The molecule has 0 aromatic carbocycles. The SMILES string of the molecule is CCCCOC(=O)C(N)N. The number of hydrogen-bond donors (Lipinski definition) is 2. The highest BCUT2D eigenvalue weighted by Crippen LogP contribution is 1.88. The molecule has 0 saturated carbocycles. The number of carbonyl (C=O) groups excluding carboxylic acids is 1. The van der Waals surface area contributed by atoms with Crippen molar-refractivity contribution in [3.8, 4) is 0 Å². The minimum absolute atomic E-state index is 0.417. The first-order valence-electron chi connectivity index (χ1n) is 3.36.